The Hall–Kier alpha value is -0.700. The highest BCUT2D eigenvalue weighted by Crippen LogP contribution is 2.43. The molecule has 0 aromatic heterocycles. The zero-order valence-electron chi connectivity index (χ0n) is 9.47. The fourth-order valence-electron chi connectivity index (χ4n) is 2.53. The van der Waals surface area contributed by atoms with Gasteiger partial charge < -0.3 is 0 Å². The van der Waals surface area contributed by atoms with Gasteiger partial charge in [-0.1, -0.05) is 25.1 Å². The number of benzene rings is 1. The molecule has 0 bridgehead atoms. The average molecular weight is 263 g/mol. The maximum atomic E-state index is 12.6. The van der Waals surface area contributed by atoms with Gasteiger partial charge in [0.15, 0.2) is 0 Å². The standard InChI is InChI=1S/C13H14ClF3/c1-8-11(5-6-12(8)14)9-3-2-4-10(7-9)13(15,16)17/h2-4,7-8,11-12H,5-6H2,1H3. The van der Waals surface area contributed by atoms with Crippen molar-refractivity contribution in [1.82, 2.24) is 0 Å². The van der Waals surface area contributed by atoms with Gasteiger partial charge in [0.25, 0.3) is 0 Å². The first-order chi connectivity index (χ1) is 7.89. The van der Waals surface area contributed by atoms with Gasteiger partial charge in [-0.25, -0.2) is 0 Å². The topological polar surface area (TPSA) is 0 Å². The highest BCUT2D eigenvalue weighted by molar-refractivity contribution is 6.21. The van der Waals surface area contributed by atoms with Crippen LogP contribution in [0.1, 0.15) is 36.8 Å². The highest BCUT2D eigenvalue weighted by Gasteiger charge is 2.35. The minimum absolute atomic E-state index is 0.0783. The summed E-state index contributed by atoms with van der Waals surface area (Å²) < 4.78 is 37.8. The molecule has 1 fully saturated rings. The van der Waals surface area contributed by atoms with Crippen LogP contribution in [-0.4, -0.2) is 5.38 Å². The van der Waals surface area contributed by atoms with Crippen molar-refractivity contribution in [2.45, 2.75) is 37.2 Å². The number of hydrogen-bond donors (Lipinski definition) is 0. The molecule has 1 aliphatic rings. The minimum atomic E-state index is -4.27. The summed E-state index contributed by atoms with van der Waals surface area (Å²) in [6.45, 7) is 2.01. The third-order valence-corrected chi connectivity index (χ3v) is 4.22. The van der Waals surface area contributed by atoms with E-state index in [-0.39, 0.29) is 17.2 Å². The fourth-order valence-corrected chi connectivity index (χ4v) is 2.83. The van der Waals surface area contributed by atoms with E-state index in [2.05, 4.69) is 0 Å². The third-order valence-electron chi connectivity index (χ3n) is 3.60. The molecule has 3 atom stereocenters. The Morgan fingerprint density at radius 2 is 1.94 bits per heavy atom. The predicted octanol–water partition coefficient (Wildman–Crippen LogP) is 4.83. The van der Waals surface area contributed by atoms with Crippen LogP contribution in [0.3, 0.4) is 0 Å². The van der Waals surface area contributed by atoms with E-state index >= 15 is 0 Å². The number of rotatable bonds is 1. The second-order valence-corrected chi connectivity index (χ2v) is 5.24. The summed E-state index contributed by atoms with van der Waals surface area (Å²) in [4.78, 5) is 0. The van der Waals surface area contributed by atoms with Crippen molar-refractivity contribution in [1.29, 1.82) is 0 Å². The van der Waals surface area contributed by atoms with Crippen LogP contribution in [-0.2, 0) is 6.18 Å². The van der Waals surface area contributed by atoms with Gasteiger partial charge in [0.1, 0.15) is 0 Å². The average Bonchev–Trinajstić information content (AvgIpc) is 2.59. The molecule has 1 aromatic carbocycles. The molecule has 0 amide bonds. The first-order valence-corrected chi connectivity index (χ1v) is 6.14. The summed E-state index contributed by atoms with van der Waals surface area (Å²) in [7, 11) is 0. The number of hydrogen-bond acceptors (Lipinski definition) is 0. The normalized spacial score (nSPS) is 29.6. The van der Waals surface area contributed by atoms with Gasteiger partial charge in [-0.2, -0.15) is 13.2 Å². The summed E-state index contributed by atoms with van der Waals surface area (Å²) >= 11 is 6.11. The lowest BCUT2D eigenvalue weighted by atomic mass is 9.89. The van der Waals surface area contributed by atoms with Gasteiger partial charge in [-0.3, -0.25) is 0 Å². The number of halogens is 4. The van der Waals surface area contributed by atoms with Crippen LogP contribution in [0.25, 0.3) is 0 Å². The Morgan fingerprint density at radius 3 is 2.47 bits per heavy atom. The molecule has 1 aromatic rings. The molecule has 0 saturated heterocycles. The second kappa shape index (κ2) is 4.52. The largest absolute Gasteiger partial charge is 0.416 e. The highest BCUT2D eigenvalue weighted by atomic mass is 35.5. The molecular weight excluding hydrogens is 249 g/mol. The van der Waals surface area contributed by atoms with E-state index in [9.17, 15) is 13.2 Å². The van der Waals surface area contributed by atoms with Crippen LogP contribution >= 0.6 is 11.6 Å². The number of alkyl halides is 4. The summed E-state index contributed by atoms with van der Waals surface area (Å²) in [5.41, 5.74) is 0.190. The first-order valence-electron chi connectivity index (χ1n) is 5.71. The van der Waals surface area contributed by atoms with Crippen molar-refractivity contribution < 1.29 is 13.2 Å². The van der Waals surface area contributed by atoms with E-state index in [0.29, 0.717) is 0 Å². The van der Waals surface area contributed by atoms with Gasteiger partial charge in [0.05, 0.1) is 5.56 Å². The van der Waals surface area contributed by atoms with Gasteiger partial charge in [-0.05, 0) is 36.3 Å². The van der Waals surface area contributed by atoms with Crippen LogP contribution in [0.4, 0.5) is 13.2 Å². The molecule has 1 saturated carbocycles. The van der Waals surface area contributed by atoms with Gasteiger partial charge in [0.2, 0.25) is 0 Å². The zero-order chi connectivity index (χ0) is 12.6. The van der Waals surface area contributed by atoms with E-state index < -0.39 is 11.7 Å². The van der Waals surface area contributed by atoms with Crippen LogP contribution in [0.15, 0.2) is 24.3 Å². The molecule has 0 nitrogen and oxygen atoms in total. The maximum absolute atomic E-state index is 12.6. The predicted molar refractivity (Wildman–Crippen MR) is 62.2 cm³/mol. The summed E-state index contributed by atoms with van der Waals surface area (Å²) in [5.74, 6) is 0.389. The molecule has 0 spiro atoms. The monoisotopic (exact) mass is 262 g/mol. The van der Waals surface area contributed by atoms with E-state index in [1.807, 2.05) is 6.92 Å². The maximum Gasteiger partial charge on any atom is 0.416 e. The lowest BCUT2D eigenvalue weighted by Gasteiger charge is -2.18. The van der Waals surface area contributed by atoms with Crippen LogP contribution in [0, 0.1) is 5.92 Å². The fraction of sp³-hybridized carbons (Fsp3) is 0.538. The van der Waals surface area contributed by atoms with E-state index in [0.717, 1.165) is 24.5 Å². The Bertz CT molecular complexity index is 400. The Morgan fingerprint density at radius 1 is 1.24 bits per heavy atom. The quantitative estimate of drug-likeness (QED) is 0.636. The molecule has 17 heavy (non-hydrogen) atoms. The molecular formula is C13H14ClF3. The first kappa shape index (κ1) is 12.7. The third kappa shape index (κ3) is 2.59. The van der Waals surface area contributed by atoms with Crippen molar-refractivity contribution in [3.8, 4) is 0 Å². The van der Waals surface area contributed by atoms with Gasteiger partial charge >= 0.3 is 6.18 Å². The Kier molecular flexibility index (Phi) is 3.39. The lowest BCUT2D eigenvalue weighted by Crippen LogP contribution is -2.11. The lowest BCUT2D eigenvalue weighted by molar-refractivity contribution is -0.137. The zero-order valence-corrected chi connectivity index (χ0v) is 10.2. The second-order valence-electron chi connectivity index (χ2n) is 4.68. The van der Waals surface area contributed by atoms with Gasteiger partial charge in [0, 0.05) is 5.38 Å². The summed E-state index contributed by atoms with van der Waals surface area (Å²) in [6.07, 6.45) is -2.52. The SMILES string of the molecule is CC1C(Cl)CCC1c1cccc(C(F)(F)F)c1. The molecule has 2 rings (SSSR count). The van der Waals surface area contributed by atoms with E-state index in [4.69, 9.17) is 11.6 Å². The van der Waals surface area contributed by atoms with Crippen LogP contribution < -0.4 is 0 Å². The molecule has 3 unspecified atom stereocenters. The van der Waals surface area contributed by atoms with Crippen molar-refractivity contribution >= 4 is 11.6 Å². The summed E-state index contributed by atoms with van der Waals surface area (Å²) in [6, 6.07) is 5.62. The molecule has 0 radical (unpaired) electrons. The van der Waals surface area contributed by atoms with Crippen LogP contribution in [0.2, 0.25) is 0 Å². The Balaban J connectivity index is 2.28. The van der Waals surface area contributed by atoms with Crippen LogP contribution in [0.5, 0.6) is 0 Å². The van der Waals surface area contributed by atoms with Crippen molar-refractivity contribution in [3.63, 3.8) is 0 Å². The molecule has 0 N–H and O–H groups in total. The van der Waals surface area contributed by atoms with Crippen molar-refractivity contribution in [2.75, 3.05) is 0 Å². The Labute approximate surface area is 104 Å². The smallest absolute Gasteiger partial charge is 0.166 e. The van der Waals surface area contributed by atoms with E-state index in [1.54, 1.807) is 6.07 Å². The van der Waals surface area contributed by atoms with E-state index in [1.165, 1.54) is 12.1 Å². The molecule has 4 heteroatoms. The van der Waals surface area contributed by atoms with Crippen molar-refractivity contribution in [3.05, 3.63) is 35.4 Å². The molecule has 1 aliphatic carbocycles. The minimum Gasteiger partial charge on any atom is -0.166 e. The molecule has 0 aliphatic heterocycles. The summed E-state index contributed by atoms with van der Waals surface area (Å²) in [5, 5.41) is 0.0783. The van der Waals surface area contributed by atoms with Crippen molar-refractivity contribution in [2.24, 2.45) is 5.92 Å². The van der Waals surface area contributed by atoms with Gasteiger partial charge in [-0.15, -0.1) is 11.6 Å². The molecule has 94 valence electrons. The molecule has 0 heterocycles.